The van der Waals surface area contributed by atoms with Crippen LogP contribution in [0.4, 0.5) is 0 Å². The zero-order valence-corrected chi connectivity index (χ0v) is 17.3. The molecule has 0 radical (unpaired) electrons. The summed E-state index contributed by atoms with van der Waals surface area (Å²) in [7, 11) is 6.08. The van der Waals surface area contributed by atoms with Gasteiger partial charge >= 0.3 is 0 Å². The van der Waals surface area contributed by atoms with Crippen molar-refractivity contribution < 1.29 is 0 Å². The number of guanidine groups is 1. The van der Waals surface area contributed by atoms with Gasteiger partial charge < -0.3 is 15.1 Å². The zero-order chi connectivity index (χ0) is 15.9. The first-order chi connectivity index (χ1) is 10.6. The molecule has 0 aromatic heterocycles. The first kappa shape index (κ1) is 20.5. The summed E-state index contributed by atoms with van der Waals surface area (Å²) in [5, 5.41) is 4.31. The van der Waals surface area contributed by atoms with Crippen molar-refractivity contribution in [1.82, 2.24) is 15.1 Å². The van der Waals surface area contributed by atoms with E-state index < -0.39 is 0 Å². The van der Waals surface area contributed by atoms with Gasteiger partial charge in [0, 0.05) is 38.8 Å². The molecule has 130 valence electrons. The van der Waals surface area contributed by atoms with Crippen molar-refractivity contribution in [2.24, 2.45) is 10.9 Å². The van der Waals surface area contributed by atoms with Gasteiger partial charge in [-0.1, -0.05) is 29.8 Å². The van der Waals surface area contributed by atoms with Crippen LogP contribution >= 0.6 is 35.6 Å². The van der Waals surface area contributed by atoms with Gasteiger partial charge in [-0.05, 0) is 44.0 Å². The van der Waals surface area contributed by atoms with Gasteiger partial charge in [0.15, 0.2) is 5.96 Å². The molecule has 0 amide bonds. The standard InChI is InChI=1S/C17H27ClN4.HI/c1-19-17(20-11-14-7-6-10-21(2)12-14)22(3)13-15-8-4-5-9-16(15)18;/h4-5,8-9,14H,6-7,10-13H2,1-3H3,(H,19,20);1H. The number of likely N-dealkylation sites (tertiary alicyclic amines) is 1. The van der Waals surface area contributed by atoms with Crippen molar-refractivity contribution in [3.63, 3.8) is 0 Å². The molecule has 1 fully saturated rings. The summed E-state index contributed by atoms with van der Waals surface area (Å²) in [4.78, 5) is 8.92. The molecular weight excluding hydrogens is 423 g/mol. The lowest BCUT2D eigenvalue weighted by Crippen LogP contribution is -2.44. The monoisotopic (exact) mass is 450 g/mol. The molecule has 0 aliphatic carbocycles. The maximum absolute atomic E-state index is 6.24. The Bertz CT molecular complexity index is 509. The molecule has 1 saturated heterocycles. The highest BCUT2D eigenvalue weighted by Gasteiger charge is 2.18. The Hall–Kier alpha value is -0.530. The third-order valence-electron chi connectivity index (χ3n) is 4.21. The number of piperidine rings is 1. The van der Waals surface area contributed by atoms with Crippen LogP contribution in [0.5, 0.6) is 0 Å². The highest BCUT2D eigenvalue weighted by Crippen LogP contribution is 2.17. The van der Waals surface area contributed by atoms with Crippen LogP contribution in [0.15, 0.2) is 29.3 Å². The Morgan fingerprint density at radius 2 is 2.17 bits per heavy atom. The Morgan fingerprint density at radius 3 is 2.83 bits per heavy atom. The number of rotatable bonds is 4. The van der Waals surface area contributed by atoms with E-state index in [0.717, 1.165) is 36.2 Å². The van der Waals surface area contributed by atoms with E-state index >= 15 is 0 Å². The fourth-order valence-electron chi connectivity index (χ4n) is 3.02. The van der Waals surface area contributed by atoms with Gasteiger partial charge in [0.25, 0.3) is 0 Å². The second kappa shape index (κ2) is 10.4. The van der Waals surface area contributed by atoms with Crippen LogP contribution in [0.3, 0.4) is 0 Å². The Morgan fingerprint density at radius 1 is 1.43 bits per heavy atom. The molecule has 1 aromatic rings. The molecule has 23 heavy (non-hydrogen) atoms. The molecule has 1 atom stereocenters. The second-order valence-corrected chi connectivity index (χ2v) is 6.55. The largest absolute Gasteiger partial charge is 0.356 e. The van der Waals surface area contributed by atoms with Crippen LogP contribution in [0.25, 0.3) is 0 Å². The van der Waals surface area contributed by atoms with Crippen LogP contribution in [0.2, 0.25) is 5.02 Å². The number of nitrogens with one attached hydrogen (secondary N) is 1. The zero-order valence-electron chi connectivity index (χ0n) is 14.3. The van der Waals surface area contributed by atoms with Crippen molar-refractivity contribution in [2.75, 3.05) is 40.8 Å². The second-order valence-electron chi connectivity index (χ2n) is 6.15. The minimum atomic E-state index is 0. The summed E-state index contributed by atoms with van der Waals surface area (Å²) in [6.07, 6.45) is 2.58. The number of nitrogens with zero attached hydrogens (tertiary/aromatic N) is 3. The fraction of sp³-hybridized carbons (Fsp3) is 0.588. The summed E-state index contributed by atoms with van der Waals surface area (Å²) < 4.78 is 0. The van der Waals surface area contributed by atoms with Crippen LogP contribution < -0.4 is 5.32 Å². The van der Waals surface area contributed by atoms with Crippen LogP contribution in [-0.2, 0) is 6.54 Å². The van der Waals surface area contributed by atoms with Gasteiger partial charge in [-0.15, -0.1) is 24.0 Å². The highest BCUT2D eigenvalue weighted by molar-refractivity contribution is 14.0. The van der Waals surface area contributed by atoms with Crippen molar-refractivity contribution >= 4 is 41.5 Å². The molecule has 1 unspecified atom stereocenters. The third kappa shape index (κ3) is 6.47. The molecule has 4 nitrogen and oxygen atoms in total. The molecule has 0 saturated carbocycles. The van der Waals surface area contributed by atoms with E-state index in [1.165, 1.54) is 19.4 Å². The van der Waals surface area contributed by atoms with Gasteiger partial charge in [-0.2, -0.15) is 0 Å². The van der Waals surface area contributed by atoms with E-state index in [4.69, 9.17) is 11.6 Å². The lowest BCUT2D eigenvalue weighted by atomic mass is 9.98. The van der Waals surface area contributed by atoms with E-state index in [0.29, 0.717) is 5.92 Å². The fourth-order valence-corrected chi connectivity index (χ4v) is 3.21. The Labute approximate surface area is 162 Å². The predicted molar refractivity (Wildman–Crippen MR) is 110 cm³/mol. The Balaban J connectivity index is 0.00000264. The molecule has 1 aliphatic rings. The third-order valence-corrected chi connectivity index (χ3v) is 4.58. The SMILES string of the molecule is CN=C(NCC1CCCN(C)C1)N(C)Cc1ccccc1Cl.I. The lowest BCUT2D eigenvalue weighted by Gasteiger charge is -2.31. The van der Waals surface area contributed by atoms with Crippen molar-refractivity contribution in [2.45, 2.75) is 19.4 Å². The minimum absolute atomic E-state index is 0. The molecule has 6 heteroatoms. The average Bonchev–Trinajstić information content (AvgIpc) is 2.50. The molecule has 1 N–H and O–H groups in total. The van der Waals surface area contributed by atoms with Gasteiger partial charge in [-0.3, -0.25) is 4.99 Å². The number of hydrogen-bond donors (Lipinski definition) is 1. The van der Waals surface area contributed by atoms with Gasteiger partial charge in [0.1, 0.15) is 0 Å². The van der Waals surface area contributed by atoms with Crippen molar-refractivity contribution in [3.8, 4) is 0 Å². The Kier molecular flexibility index (Phi) is 9.24. The summed E-state index contributed by atoms with van der Waals surface area (Å²) >= 11 is 6.24. The topological polar surface area (TPSA) is 30.9 Å². The lowest BCUT2D eigenvalue weighted by molar-refractivity contribution is 0.209. The van der Waals surface area contributed by atoms with Crippen LogP contribution in [0, 0.1) is 5.92 Å². The number of halogens is 2. The van der Waals surface area contributed by atoms with Crippen molar-refractivity contribution in [1.29, 1.82) is 0 Å². The quantitative estimate of drug-likeness (QED) is 0.434. The van der Waals surface area contributed by atoms with E-state index in [1.54, 1.807) is 0 Å². The highest BCUT2D eigenvalue weighted by atomic mass is 127. The smallest absolute Gasteiger partial charge is 0.193 e. The van der Waals surface area contributed by atoms with Crippen LogP contribution in [-0.4, -0.2) is 56.5 Å². The maximum atomic E-state index is 6.24. The maximum Gasteiger partial charge on any atom is 0.193 e. The first-order valence-corrected chi connectivity index (χ1v) is 8.31. The minimum Gasteiger partial charge on any atom is -0.356 e. The normalized spacial score (nSPS) is 19.1. The average molecular weight is 451 g/mol. The molecule has 1 aliphatic heterocycles. The summed E-state index contributed by atoms with van der Waals surface area (Å²) in [6, 6.07) is 7.96. The van der Waals surface area contributed by atoms with Crippen LogP contribution in [0.1, 0.15) is 18.4 Å². The number of hydrogen-bond acceptors (Lipinski definition) is 2. The van der Waals surface area contributed by atoms with E-state index in [-0.39, 0.29) is 24.0 Å². The van der Waals surface area contributed by atoms with E-state index in [1.807, 2.05) is 32.3 Å². The van der Waals surface area contributed by atoms with E-state index in [9.17, 15) is 0 Å². The van der Waals surface area contributed by atoms with Gasteiger partial charge in [0.2, 0.25) is 0 Å². The molecule has 1 heterocycles. The number of benzene rings is 1. The molecule has 0 bridgehead atoms. The van der Waals surface area contributed by atoms with E-state index in [2.05, 4.69) is 33.2 Å². The number of aliphatic imine (C=N–C) groups is 1. The molecule has 2 rings (SSSR count). The summed E-state index contributed by atoms with van der Waals surface area (Å²) in [5.74, 6) is 1.62. The summed E-state index contributed by atoms with van der Waals surface area (Å²) in [5.41, 5.74) is 1.12. The molecule has 0 spiro atoms. The molecule has 1 aromatic carbocycles. The summed E-state index contributed by atoms with van der Waals surface area (Å²) in [6.45, 7) is 4.11. The van der Waals surface area contributed by atoms with Gasteiger partial charge in [0.05, 0.1) is 0 Å². The van der Waals surface area contributed by atoms with Gasteiger partial charge in [-0.25, -0.2) is 0 Å². The molecular formula is C17H28ClIN4. The van der Waals surface area contributed by atoms with Crippen molar-refractivity contribution in [3.05, 3.63) is 34.9 Å². The predicted octanol–water partition coefficient (Wildman–Crippen LogP) is 3.31. The first-order valence-electron chi connectivity index (χ1n) is 7.94.